The zero-order valence-corrected chi connectivity index (χ0v) is 17.6. The number of nitrogens with one attached hydrogen (secondary N) is 1. The van der Waals surface area contributed by atoms with Crippen molar-refractivity contribution in [2.45, 2.75) is 13.5 Å². The van der Waals surface area contributed by atoms with Gasteiger partial charge in [0, 0.05) is 4.47 Å². The fourth-order valence-electron chi connectivity index (χ4n) is 2.62. The van der Waals surface area contributed by atoms with E-state index in [0.717, 1.165) is 15.6 Å². The molecular formula is C21H18BrN5O3. The van der Waals surface area contributed by atoms with Gasteiger partial charge < -0.3 is 0 Å². The molecule has 30 heavy (non-hydrogen) atoms. The maximum absolute atomic E-state index is 12.4. The molecule has 3 rings (SSSR count). The smallest absolute Gasteiger partial charge is 0.265 e. The number of amides is 1. The number of hydrogen-bond acceptors (Lipinski definition) is 5. The van der Waals surface area contributed by atoms with Gasteiger partial charge in [-0.1, -0.05) is 64.5 Å². The van der Waals surface area contributed by atoms with Crippen LogP contribution < -0.4 is 5.43 Å². The summed E-state index contributed by atoms with van der Waals surface area (Å²) < 4.78 is 2.24. The molecule has 0 aliphatic carbocycles. The Labute approximate surface area is 181 Å². The molecule has 8 nitrogen and oxygen atoms in total. The van der Waals surface area contributed by atoms with E-state index in [0.29, 0.717) is 5.71 Å². The van der Waals surface area contributed by atoms with E-state index in [4.69, 9.17) is 0 Å². The van der Waals surface area contributed by atoms with Crippen LogP contribution in [-0.2, 0) is 6.54 Å². The lowest BCUT2D eigenvalue weighted by Crippen LogP contribution is -2.20. The second kappa shape index (κ2) is 9.75. The van der Waals surface area contributed by atoms with Crippen LogP contribution in [0.2, 0.25) is 0 Å². The minimum absolute atomic E-state index is 0.287. The van der Waals surface area contributed by atoms with Crippen LogP contribution >= 0.6 is 15.9 Å². The van der Waals surface area contributed by atoms with Gasteiger partial charge in [-0.15, -0.1) is 0 Å². The van der Waals surface area contributed by atoms with Gasteiger partial charge in [0.05, 0.1) is 17.2 Å². The van der Waals surface area contributed by atoms with Crippen molar-refractivity contribution in [1.29, 1.82) is 0 Å². The van der Waals surface area contributed by atoms with Gasteiger partial charge in [-0.3, -0.25) is 19.6 Å². The predicted molar refractivity (Wildman–Crippen MR) is 118 cm³/mol. The third-order valence-corrected chi connectivity index (χ3v) is 4.53. The number of carbonyl (C=O) groups is 1. The van der Waals surface area contributed by atoms with E-state index in [1.165, 1.54) is 10.9 Å². The van der Waals surface area contributed by atoms with Crippen LogP contribution in [0.1, 0.15) is 28.5 Å². The van der Waals surface area contributed by atoms with Gasteiger partial charge in [0.1, 0.15) is 6.20 Å². The number of hydrogen-bond donors (Lipinski definition) is 1. The lowest BCUT2D eigenvalue weighted by atomic mass is 10.2. The topological polar surface area (TPSA) is 102 Å². The van der Waals surface area contributed by atoms with E-state index in [2.05, 4.69) is 31.6 Å². The summed E-state index contributed by atoms with van der Waals surface area (Å²) in [5.74, 6) is -0.748. The van der Waals surface area contributed by atoms with Crippen molar-refractivity contribution < 1.29 is 9.72 Å². The van der Waals surface area contributed by atoms with E-state index in [1.54, 1.807) is 13.0 Å². The summed E-state index contributed by atoms with van der Waals surface area (Å²) >= 11 is 3.38. The summed E-state index contributed by atoms with van der Waals surface area (Å²) in [6.45, 7) is 2.00. The van der Waals surface area contributed by atoms with Gasteiger partial charge in [-0.2, -0.15) is 10.2 Å². The number of carbonyl (C=O) groups excluding carboxylic acids is 1. The number of aromatic nitrogens is 2. The number of rotatable bonds is 7. The molecule has 1 N–H and O–H groups in total. The Kier molecular flexibility index (Phi) is 6.87. The Morgan fingerprint density at radius 2 is 2.03 bits per heavy atom. The molecule has 1 aromatic heterocycles. The summed E-state index contributed by atoms with van der Waals surface area (Å²) in [5, 5.41) is 19.4. The molecule has 3 aromatic rings. The molecule has 0 aliphatic rings. The Morgan fingerprint density at radius 3 is 2.73 bits per heavy atom. The molecule has 0 bridgehead atoms. The Balaban J connectivity index is 1.73. The molecule has 2 aromatic carbocycles. The molecule has 0 spiro atoms. The zero-order chi connectivity index (χ0) is 21.5. The monoisotopic (exact) mass is 467 g/mol. The predicted octanol–water partition coefficient (Wildman–Crippen LogP) is 4.42. The number of halogens is 1. The molecule has 1 heterocycles. The lowest BCUT2D eigenvalue weighted by molar-refractivity contribution is -0.385. The molecule has 0 saturated carbocycles. The summed E-state index contributed by atoms with van der Waals surface area (Å²) in [6.07, 6.45) is 4.82. The lowest BCUT2D eigenvalue weighted by Gasteiger charge is -2.02. The third kappa shape index (κ3) is 5.71. The van der Waals surface area contributed by atoms with Crippen molar-refractivity contribution in [3.63, 3.8) is 0 Å². The van der Waals surface area contributed by atoms with Gasteiger partial charge in [-0.05, 0) is 36.3 Å². The largest absolute Gasteiger partial charge is 0.320 e. The maximum Gasteiger partial charge on any atom is 0.320 e. The highest BCUT2D eigenvalue weighted by Gasteiger charge is 2.25. The zero-order valence-electron chi connectivity index (χ0n) is 16.0. The molecule has 0 fully saturated rings. The first-order chi connectivity index (χ1) is 14.4. The normalized spacial score (nSPS) is 11.6. The van der Waals surface area contributed by atoms with Gasteiger partial charge >= 0.3 is 5.69 Å². The SMILES string of the molecule is CC(C=Cc1ccccc1)=NNC(=O)c1nn(Cc2cccc(Br)c2)cc1[N+](=O)[O-]. The molecule has 0 radical (unpaired) electrons. The highest BCUT2D eigenvalue weighted by atomic mass is 79.9. The van der Waals surface area contributed by atoms with Crippen molar-refractivity contribution in [3.05, 3.63) is 98.3 Å². The van der Waals surface area contributed by atoms with Crippen molar-refractivity contribution in [2.75, 3.05) is 0 Å². The average Bonchev–Trinajstić information content (AvgIpc) is 3.15. The first-order valence-electron chi connectivity index (χ1n) is 8.96. The summed E-state index contributed by atoms with van der Waals surface area (Å²) in [5.41, 5.74) is 4.05. The van der Waals surface area contributed by atoms with Crippen molar-refractivity contribution in [1.82, 2.24) is 15.2 Å². The molecular weight excluding hydrogens is 450 g/mol. The van der Waals surface area contributed by atoms with Crippen LogP contribution in [0, 0.1) is 10.1 Å². The molecule has 0 atom stereocenters. The van der Waals surface area contributed by atoms with Crippen LogP contribution in [0.3, 0.4) is 0 Å². The van der Waals surface area contributed by atoms with Crippen LogP contribution in [0.25, 0.3) is 6.08 Å². The summed E-state index contributed by atoms with van der Waals surface area (Å²) in [7, 11) is 0. The molecule has 9 heteroatoms. The van der Waals surface area contributed by atoms with Gasteiger partial charge in [0.25, 0.3) is 5.91 Å². The highest BCUT2D eigenvalue weighted by Crippen LogP contribution is 2.19. The van der Waals surface area contributed by atoms with Crippen LogP contribution in [-0.4, -0.2) is 26.3 Å². The van der Waals surface area contributed by atoms with E-state index in [1.807, 2.05) is 60.7 Å². The minimum Gasteiger partial charge on any atom is -0.265 e. The second-order valence-electron chi connectivity index (χ2n) is 6.39. The molecule has 0 saturated heterocycles. The molecule has 0 aliphatic heterocycles. The highest BCUT2D eigenvalue weighted by molar-refractivity contribution is 9.10. The first kappa shape index (κ1) is 21.1. The van der Waals surface area contributed by atoms with Crippen LogP contribution in [0.5, 0.6) is 0 Å². The summed E-state index contributed by atoms with van der Waals surface area (Å²) in [4.78, 5) is 23.2. The third-order valence-electron chi connectivity index (χ3n) is 4.04. The van der Waals surface area contributed by atoms with Crippen molar-refractivity contribution >= 4 is 39.3 Å². The minimum atomic E-state index is -0.748. The quantitative estimate of drug-likeness (QED) is 0.315. The number of nitrogens with zero attached hydrogens (tertiary/aromatic N) is 4. The van der Waals surface area contributed by atoms with Gasteiger partial charge in [0.2, 0.25) is 5.69 Å². The van der Waals surface area contributed by atoms with E-state index in [-0.39, 0.29) is 17.9 Å². The molecule has 152 valence electrons. The standard InChI is InChI=1S/C21H18BrN5O3/c1-15(10-11-16-6-3-2-4-7-16)23-24-21(28)20-19(27(29)30)14-26(25-20)13-17-8-5-9-18(22)12-17/h2-12,14H,13H2,1H3,(H,24,28). The van der Waals surface area contributed by atoms with Crippen LogP contribution in [0.15, 0.2) is 76.4 Å². The maximum atomic E-state index is 12.4. The van der Waals surface area contributed by atoms with Crippen LogP contribution in [0.4, 0.5) is 5.69 Å². The van der Waals surface area contributed by atoms with E-state index >= 15 is 0 Å². The Hall–Kier alpha value is -3.59. The average molecular weight is 468 g/mol. The molecule has 1 amide bonds. The Morgan fingerprint density at radius 1 is 1.27 bits per heavy atom. The number of benzene rings is 2. The number of allylic oxidation sites excluding steroid dienone is 1. The van der Waals surface area contributed by atoms with Gasteiger partial charge in [0.15, 0.2) is 0 Å². The van der Waals surface area contributed by atoms with Crippen molar-refractivity contribution in [3.8, 4) is 0 Å². The number of hydrazone groups is 1. The molecule has 0 unspecified atom stereocenters. The Bertz CT molecular complexity index is 1120. The summed E-state index contributed by atoms with van der Waals surface area (Å²) in [6, 6.07) is 17.1. The van der Waals surface area contributed by atoms with E-state index in [9.17, 15) is 14.9 Å². The van der Waals surface area contributed by atoms with Crippen molar-refractivity contribution in [2.24, 2.45) is 5.10 Å². The fourth-order valence-corrected chi connectivity index (χ4v) is 3.07. The number of nitro groups is 1. The second-order valence-corrected chi connectivity index (χ2v) is 7.30. The first-order valence-corrected chi connectivity index (χ1v) is 9.76. The van der Waals surface area contributed by atoms with E-state index < -0.39 is 10.8 Å². The van der Waals surface area contributed by atoms with Gasteiger partial charge in [-0.25, -0.2) is 5.43 Å². The fraction of sp³-hybridized carbons (Fsp3) is 0.0952.